The summed E-state index contributed by atoms with van der Waals surface area (Å²) in [7, 11) is 0. The van der Waals surface area contributed by atoms with Crippen molar-refractivity contribution in [3.8, 4) is 0 Å². The fourth-order valence-electron chi connectivity index (χ4n) is 1.88. The Morgan fingerprint density at radius 1 is 1.40 bits per heavy atom. The number of rotatable bonds is 4. The van der Waals surface area contributed by atoms with Gasteiger partial charge in [0.15, 0.2) is 0 Å². The molecular weight excluding hydrogens is 188 g/mol. The van der Waals surface area contributed by atoms with E-state index in [9.17, 15) is 5.11 Å². The fraction of sp³-hybridized carbons (Fsp3) is 0.769. The van der Waals surface area contributed by atoms with Gasteiger partial charge in [0.05, 0.1) is 5.60 Å². The van der Waals surface area contributed by atoms with Crippen molar-refractivity contribution in [1.29, 1.82) is 0 Å². The van der Waals surface area contributed by atoms with Gasteiger partial charge in [0.25, 0.3) is 0 Å². The van der Waals surface area contributed by atoms with Crippen LogP contribution in [0.25, 0.3) is 0 Å². The molecule has 0 amide bonds. The van der Waals surface area contributed by atoms with Crippen LogP contribution in [-0.2, 0) is 4.79 Å². The van der Waals surface area contributed by atoms with Gasteiger partial charge in [0.1, 0.15) is 6.79 Å². The van der Waals surface area contributed by atoms with E-state index >= 15 is 0 Å². The molecule has 0 spiro atoms. The SMILES string of the molecule is C=O.CC(C)(O)CCCC1=CCCCC1. The van der Waals surface area contributed by atoms with Gasteiger partial charge in [-0.25, -0.2) is 0 Å². The van der Waals surface area contributed by atoms with Crippen molar-refractivity contribution in [3.63, 3.8) is 0 Å². The molecule has 0 saturated carbocycles. The molecule has 0 radical (unpaired) electrons. The van der Waals surface area contributed by atoms with E-state index in [1.54, 1.807) is 5.57 Å². The Bertz CT molecular complexity index is 189. The number of allylic oxidation sites excluding steroid dienone is 2. The Labute approximate surface area is 93.4 Å². The quantitative estimate of drug-likeness (QED) is 0.726. The van der Waals surface area contributed by atoms with Crippen LogP contribution in [0.15, 0.2) is 11.6 Å². The molecule has 2 nitrogen and oxygen atoms in total. The molecule has 1 N–H and O–H groups in total. The molecule has 1 aliphatic rings. The molecule has 0 bridgehead atoms. The summed E-state index contributed by atoms with van der Waals surface area (Å²) in [5.41, 5.74) is 1.14. The van der Waals surface area contributed by atoms with Crippen LogP contribution in [0.2, 0.25) is 0 Å². The lowest BCUT2D eigenvalue weighted by Gasteiger charge is -2.18. The lowest BCUT2D eigenvalue weighted by molar-refractivity contribution is -0.0979. The molecule has 2 heteroatoms. The Kier molecular flexibility index (Phi) is 7.31. The third-order valence-corrected chi connectivity index (χ3v) is 2.67. The predicted molar refractivity (Wildman–Crippen MR) is 63.8 cm³/mol. The first-order chi connectivity index (χ1) is 7.08. The zero-order chi connectivity index (χ0) is 11.7. The summed E-state index contributed by atoms with van der Waals surface area (Å²) in [5, 5.41) is 9.53. The first-order valence-corrected chi connectivity index (χ1v) is 5.77. The zero-order valence-corrected chi connectivity index (χ0v) is 10.1. The van der Waals surface area contributed by atoms with E-state index in [0.29, 0.717) is 0 Å². The van der Waals surface area contributed by atoms with Crippen molar-refractivity contribution in [1.82, 2.24) is 0 Å². The summed E-state index contributed by atoms with van der Waals surface area (Å²) in [4.78, 5) is 8.00. The molecule has 0 unspecified atom stereocenters. The standard InChI is InChI=1S/C12H22O.CH2O/c1-12(2,13)10-6-9-11-7-4-3-5-8-11;1-2/h7,13H,3-6,8-10H2,1-2H3;1H2. The Morgan fingerprint density at radius 2 is 2.07 bits per heavy atom. The van der Waals surface area contributed by atoms with Gasteiger partial charge in [-0.1, -0.05) is 11.6 Å². The Morgan fingerprint density at radius 3 is 2.53 bits per heavy atom. The normalized spacial score (nSPS) is 16.3. The van der Waals surface area contributed by atoms with Gasteiger partial charge in [-0.05, 0) is 58.8 Å². The predicted octanol–water partition coefficient (Wildman–Crippen LogP) is 3.24. The van der Waals surface area contributed by atoms with E-state index < -0.39 is 5.60 Å². The number of aliphatic hydroxyl groups is 1. The maximum Gasteiger partial charge on any atom is 0.106 e. The second kappa shape index (κ2) is 7.63. The topological polar surface area (TPSA) is 37.3 Å². The first-order valence-electron chi connectivity index (χ1n) is 5.77. The second-order valence-electron chi connectivity index (χ2n) is 4.77. The highest BCUT2D eigenvalue weighted by Crippen LogP contribution is 2.23. The van der Waals surface area contributed by atoms with Gasteiger partial charge in [0.2, 0.25) is 0 Å². The third-order valence-electron chi connectivity index (χ3n) is 2.67. The van der Waals surface area contributed by atoms with E-state index in [2.05, 4.69) is 6.08 Å². The highest BCUT2D eigenvalue weighted by Gasteiger charge is 2.12. The van der Waals surface area contributed by atoms with E-state index in [1.165, 1.54) is 32.1 Å². The molecule has 0 heterocycles. The molecule has 1 aliphatic carbocycles. The summed E-state index contributed by atoms with van der Waals surface area (Å²) >= 11 is 0. The van der Waals surface area contributed by atoms with E-state index in [1.807, 2.05) is 20.6 Å². The summed E-state index contributed by atoms with van der Waals surface area (Å²) in [5.74, 6) is 0. The molecule has 0 fully saturated rings. The molecule has 0 aromatic carbocycles. The maximum absolute atomic E-state index is 9.53. The van der Waals surface area contributed by atoms with Crippen LogP contribution in [0, 0.1) is 0 Å². The minimum Gasteiger partial charge on any atom is -0.390 e. The minimum absolute atomic E-state index is 0.477. The van der Waals surface area contributed by atoms with Gasteiger partial charge < -0.3 is 9.90 Å². The number of carbonyl (C=O) groups excluding carboxylic acids is 1. The highest BCUT2D eigenvalue weighted by atomic mass is 16.3. The smallest absolute Gasteiger partial charge is 0.106 e. The summed E-state index contributed by atoms with van der Waals surface area (Å²) in [6.45, 7) is 5.78. The summed E-state index contributed by atoms with van der Waals surface area (Å²) in [6, 6.07) is 0. The molecule has 0 aromatic heterocycles. The van der Waals surface area contributed by atoms with Crippen LogP contribution in [-0.4, -0.2) is 17.5 Å². The second-order valence-corrected chi connectivity index (χ2v) is 4.77. The van der Waals surface area contributed by atoms with Crippen molar-refractivity contribution >= 4 is 6.79 Å². The van der Waals surface area contributed by atoms with Crippen molar-refractivity contribution in [2.45, 2.75) is 64.4 Å². The van der Waals surface area contributed by atoms with Gasteiger partial charge in [-0.2, -0.15) is 0 Å². The average Bonchev–Trinajstić information content (AvgIpc) is 2.20. The van der Waals surface area contributed by atoms with Crippen molar-refractivity contribution in [2.24, 2.45) is 0 Å². The van der Waals surface area contributed by atoms with Crippen LogP contribution < -0.4 is 0 Å². The average molecular weight is 212 g/mol. The maximum atomic E-state index is 9.53. The van der Waals surface area contributed by atoms with Crippen LogP contribution in [0.5, 0.6) is 0 Å². The monoisotopic (exact) mass is 212 g/mol. The van der Waals surface area contributed by atoms with Crippen LogP contribution >= 0.6 is 0 Å². The highest BCUT2D eigenvalue weighted by molar-refractivity contribution is 5.11. The number of hydrogen-bond acceptors (Lipinski definition) is 2. The molecule has 0 aliphatic heterocycles. The van der Waals surface area contributed by atoms with Crippen molar-refractivity contribution in [2.75, 3.05) is 0 Å². The molecule has 0 saturated heterocycles. The largest absolute Gasteiger partial charge is 0.390 e. The van der Waals surface area contributed by atoms with Gasteiger partial charge in [-0.15, -0.1) is 0 Å². The molecule has 0 aromatic rings. The molecule has 15 heavy (non-hydrogen) atoms. The molecule has 0 atom stereocenters. The molecular formula is C13H24O2. The van der Waals surface area contributed by atoms with Crippen molar-refractivity contribution in [3.05, 3.63) is 11.6 Å². The van der Waals surface area contributed by atoms with E-state index in [4.69, 9.17) is 4.79 Å². The van der Waals surface area contributed by atoms with E-state index in [0.717, 1.165) is 12.8 Å². The van der Waals surface area contributed by atoms with E-state index in [-0.39, 0.29) is 0 Å². The lowest BCUT2D eigenvalue weighted by Crippen LogP contribution is -2.17. The number of carbonyl (C=O) groups is 1. The van der Waals surface area contributed by atoms with Crippen LogP contribution in [0.4, 0.5) is 0 Å². The third kappa shape index (κ3) is 8.37. The summed E-state index contributed by atoms with van der Waals surface area (Å²) in [6.07, 6.45) is 11.0. The first kappa shape index (κ1) is 14.4. The van der Waals surface area contributed by atoms with Crippen molar-refractivity contribution < 1.29 is 9.90 Å². The fourth-order valence-corrected chi connectivity index (χ4v) is 1.88. The van der Waals surface area contributed by atoms with Gasteiger partial charge in [-0.3, -0.25) is 0 Å². The van der Waals surface area contributed by atoms with Crippen LogP contribution in [0.1, 0.15) is 58.8 Å². The lowest BCUT2D eigenvalue weighted by atomic mass is 9.93. The van der Waals surface area contributed by atoms with Gasteiger partial charge in [0, 0.05) is 0 Å². The molecule has 88 valence electrons. The Balaban J connectivity index is 0.000000921. The zero-order valence-electron chi connectivity index (χ0n) is 10.1. The van der Waals surface area contributed by atoms with Crippen LogP contribution in [0.3, 0.4) is 0 Å². The molecule has 1 rings (SSSR count). The minimum atomic E-state index is -0.477. The summed E-state index contributed by atoms with van der Waals surface area (Å²) < 4.78 is 0. The van der Waals surface area contributed by atoms with Gasteiger partial charge >= 0.3 is 0 Å². The Hall–Kier alpha value is -0.630. The number of hydrogen-bond donors (Lipinski definition) is 1.